The molecular formula is C22H19F6N3O2. The summed E-state index contributed by atoms with van der Waals surface area (Å²) in [6.07, 6.45) is -6.07. The molecule has 0 spiro atoms. The third-order valence-corrected chi connectivity index (χ3v) is 5.98. The number of nitrogens with zero attached hydrogens (tertiary/aromatic N) is 2. The van der Waals surface area contributed by atoms with Gasteiger partial charge in [0, 0.05) is 10.9 Å². The van der Waals surface area contributed by atoms with Crippen LogP contribution < -0.4 is 5.32 Å². The summed E-state index contributed by atoms with van der Waals surface area (Å²) in [5.41, 5.74) is -5.63. The summed E-state index contributed by atoms with van der Waals surface area (Å²) < 4.78 is 84.9. The van der Waals surface area contributed by atoms with Gasteiger partial charge in [0.05, 0.1) is 6.04 Å². The zero-order valence-corrected chi connectivity index (χ0v) is 17.7. The van der Waals surface area contributed by atoms with E-state index >= 15 is 0 Å². The molecule has 2 atom stereocenters. The molecular weight excluding hydrogens is 452 g/mol. The van der Waals surface area contributed by atoms with Crippen molar-refractivity contribution in [1.82, 2.24) is 9.97 Å². The molecule has 1 heterocycles. The average molecular weight is 471 g/mol. The van der Waals surface area contributed by atoms with Gasteiger partial charge < -0.3 is 15.5 Å². The average Bonchev–Trinajstić information content (AvgIpc) is 2.69. The summed E-state index contributed by atoms with van der Waals surface area (Å²) in [6, 6.07) is 1.74. The molecule has 0 fully saturated rings. The minimum atomic E-state index is -5.15. The lowest BCUT2D eigenvalue weighted by molar-refractivity contribution is -0.276. The largest absolute Gasteiger partial charge is 0.505 e. The molecule has 1 aromatic heterocycles. The maximum atomic E-state index is 14.3. The molecule has 0 aliphatic heterocycles. The fraction of sp³-hybridized carbons (Fsp3) is 0.364. The molecule has 0 saturated heterocycles. The van der Waals surface area contributed by atoms with Crippen molar-refractivity contribution >= 4 is 16.7 Å². The number of phenols is 1. The summed E-state index contributed by atoms with van der Waals surface area (Å²) in [5, 5.41) is 23.7. The van der Waals surface area contributed by atoms with Gasteiger partial charge in [0.25, 0.3) is 0 Å². The molecule has 3 N–H and O–H groups in total. The zero-order chi connectivity index (χ0) is 24.5. The fourth-order valence-corrected chi connectivity index (χ4v) is 4.61. The van der Waals surface area contributed by atoms with Crippen molar-refractivity contribution in [1.29, 1.82) is 0 Å². The van der Waals surface area contributed by atoms with Gasteiger partial charge in [-0.25, -0.2) is 23.1 Å². The highest BCUT2D eigenvalue weighted by molar-refractivity contribution is 5.89. The minimum Gasteiger partial charge on any atom is -0.505 e. The normalized spacial score (nSPS) is 22.3. The number of hydrogen-bond donors (Lipinski definition) is 3. The van der Waals surface area contributed by atoms with Crippen LogP contribution in [0.4, 0.5) is 32.2 Å². The van der Waals surface area contributed by atoms with E-state index in [2.05, 4.69) is 15.3 Å². The smallest absolute Gasteiger partial charge is 0.419 e. The Morgan fingerprint density at radius 3 is 2.30 bits per heavy atom. The summed E-state index contributed by atoms with van der Waals surface area (Å²) in [6.45, 7) is 4.03. The van der Waals surface area contributed by atoms with Crippen LogP contribution in [0.3, 0.4) is 0 Å². The van der Waals surface area contributed by atoms with Gasteiger partial charge in [-0.15, -0.1) is 0 Å². The van der Waals surface area contributed by atoms with Gasteiger partial charge in [0.15, 0.2) is 28.8 Å². The van der Waals surface area contributed by atoms with Gasteiger partial charge in [0.1, 0.15) is 17.2 Å². The summed E-state index contributed by atoms with van der Waals surface area (Å²) in [5.74, 6) is -4.73. The molecule has 176 valence electrons. The third-order valence-electron chi connectivity index (χ3n) is 5.98. The minimum absolute atomic E-state index is 0.0663. The van der Waals surface area contributed by atoms with Crippen LogP contribution >= 0.6 is 0 Å². The van der Waals surface area contributed by atoms with Crippen LogP contribution in [-0.4, -0.2) is 32.0 Å². The Balaban J connectivity index is 1.99. The highest BCUT2D eigenvalue weighted by Crippen LogP contribution is 2.56. The Hall–Kier alpha value is -3.08. The number of benzene rings is 2. The first kappa shape index (κ1) is 23.1. The van der Waals surface area contributed by atoms with E-state index in [9.17, 15) is 36.6 Å². The molecule has 0 bridgehead atoms. The number of phenolic OH excluding ortho intramolecular Hbond substituents is 1. The molecule has 0 amide bonds. The van der Waals surface area contributed by atoms with E-state index in [0.717, 1.165) is 24.3 Å². The molecule has 0 unspecified atom stereocenters. The maximum Gasteiger partial charge on any atom is 0.419 e. The van der Waals surface area contributed by atoms with E-state index in [1.807, 2.05) is 0 Å². The predicted octanol–water partition coefficient (Wildman–Crippen LogP) is 5.19. The van der Waals surface area contributed by atoms with Gasteiger partial charge in [-0.1, -0.05) is 19.9 Å². The van der Waals surface area contributed by atoms with E-state index in [4.69, 9.17) is 0 Å². The second-order valence-electron chi connectivity index (χ2n) is 8.80. The standard InChI is InChI=1S/C22H19F6N3O2/c1-9-29-16-11(5-6-12(23)15(16)25)19(30-9)31-18-10-4-7-13(24)17(32)14(10)20(2,3)8-21(18,33)22(26,27)28/h4-7,18,32-33H,8H2,1-3H3,(H,29,30,31)/t18-,21+/m1/s1. The quantitative estimate of drug-likeness (QED) is 0.449. The molecule has 1 aliphatic rings. The van der Waals surface area contributed by atoms with Crippen molar-refractivity contribution < 1.29 is 36.6 Å². The zero-order valence-electron chi connectivity index (χ0n) is 17.7. The highest BCUT2D eigenvalue weighted by atomic mass is 19.4. The number of hydrogen-bond acceptors (Lipinski definition) is 5. The third kappa shape index (κ3) is 3.45. The van der Waals surface area contributed by atoms with Crippen LogP contribution in [0.25, 0.3) is 10.9 Å². The highest BCUT2D eigenvalue weighted by Gasteiger charge is 2.64. The molecule has 0 radical (unpaired) electrons. The lowest BCUT2D eigenvalue weighted by Gasteiger charge is -2.48. The number of aliphatic hydroxyl groups is 1. The molecule has 5 nitrogen and oxygen atoms in total. The number of halogens is 6. The number of aromatic hydroxyl groups is 1. The summed E-state index contributed by atoms with van der Waals surface area (Å²) in [7, 11) is 0. The lowest BCUT2D eigenvalue weighted by atomic mass is 9.63. The maximum absolute atomic E-state index is 14.3. The number of nitrogens with one attached hydrogen (secondary N) is 1. The lowest BCUT2D eigenvalue weighted by Crippen LogP contribution is -2.58. The number of fused-ring (bicyclic) bond motifs is 2. The van der Waals surface area contributed by atoms with E-state index in [1.54, 1.807) is 0 Å². The van der Waals surface area contributed by atoms with Crippen molar-refractivity contribution in [2.45, 2.75) is 50.4 Å². The Morgan fingerprint density at radius 1 is 1.03 bits per heavy atom. The number of aromatic nitrogens is 2. The SMILES string of the molecule is Cc1nc(N[C@@H]2c3ccc(F)c(O)c3C(C)(C)C[C@@]2(O)C(F)(F)F)c2ccc(F)c(F)c2n1. The second kappa shape index (κ2) is 7.21. The van der Waals surface area contributed by atoms with Crippen molar-refractivity contribution in [3.63, 3.8) is 0 Å². The number of rotatable bonds is 2. The first-order chi connectivity index (χ1) is 15.2. The van der Waals surface area contributed by atoms with Crippen LogP contribution in [0.15, 0.2) is 24.3 Å². The number of anilines is 1. The Labute approximate surface area is 184 Å². The van der Waals surface area contributed by atoms with Gasteiger partial charge in [0.2, 0.25) is 0 Å². The predicted molar refractivity (Wildman–Crippen MR) is 107 cm³/mol. The first-order valence-corrected chi connectivity index (χ1v) is 9.87. The van der Waals surface area contributed by atoms with Crippen LogP contribution in [0.2, 0.25) is 0 Å². The molecule has 0 saturated carbocycles. The molecule has 11 heteroatoms. The van der Waals surface area contributed by atoms with Crippen molar-refractivity contribution in [2.75, 3.05) is 5.32 Å². The van der Waals surface area contributed by atoms with Crippen LogP contribution in [-0.2, 0) is 5.41 Å². The van der Waals surface area contributed by atoms with Crippen molar-refractivity contribution in [3.8, 4) is 5.75 Å². The second-order valence-corrected chi connectivity index (χ2v) is 8.80. The van der Waals surface area contributed by atoms with Gasteiger partial charge in [-0.05, 0) is 42.5 Å². The first-order valence-electron chi connectivity index (χ1n) is 9.87. The molecule has 3 aromatic rings. The number of alkyl halides is 3. The Bertz CT molecular complexity index is 1280. The van der Waals surface area contributed by atoms with Crippen molar-refractivity contribution in [3.05, 3.63) is 58.7 Å². The topological polar surface area (TPSA) is 78.3 Å². The van der Waals surface area contributed by atoms with Crippen LogP contribution in [0.5, 0.6) is 5.75 Å². The van der Waals surface area contributed by atoms with E-state index < -0.39 is 58.4 Å². The van der Waals surface area contributed by atoms with Crippen LogP contribution in [0, 0.1) is 24.4 Å². The molecule has 2 aromatic carbocycles. The Morgan fingerprint density at radius 2 is 1.67 bits per heavy atom. The van der Waals surface area contributed by atoms with Gasteiger partial charge in [-0.2, -0.15) is 13.2 Å². The summed E-state index contributed by atoms with van der Waals surface area (Å²) in [4.78, 5) is 7.86. The summed E-state index contributed by atoms with van der Waals surface area (Å²) >= 11 is 0. The monoisotopic (exact) mass is 471 g/mol. The number of aryl methyl sites for hydroxylation is 1. The van der Waals surface area contributed by atoms with E-state index in [-0.39, 0.29) is 28.2 Å². The van der Waals surface area contributed by atoms with Crippen LogP contribution in [0.1, 0.15) is 43.3 Å². The molecule has 1 aliphatic carbocycles. The fourth-order valence-electron chi connectivity index (χ4n) is 4.61. The molecule has 4 rings (SSSR count). The molecule has 33 heavy (non-hydrogen) atoms. The van der Waals surface area contributed by atoms with E-state index in [0.29, 0.717) is 0 Å². The Kier molecular flexibility index (Phi) is 5.04. The van der Waals surface area contributed by atoms with Gasteiger partial charge >= 0.3 is 6.18 Å². The van der Waals surface area contributed by atoms with Gasteiger partial charge in [-0.3, -0.25) is 0 Å². The van der Waals surface area contributed by atoms with E-state index in [1.165, 1.54) is 20.8 Å². The van der Waals surface area contributed by atoms with Crippen molar-refractivity contribution in [2.24, 2.45) is 0 Å².